The number of ether oxygens (including phenoxy) is 1. The number of carbonyl (C=O) groups is 4. The van der Waals surface area contributed by atoms with E-state index in [0.29, 0.717) is 48.0 Å². The van der Waals surface area contributed by atoms with Gasteiger partial charge in [-0.2, -0.15) is 0 Å². The van der Waals surface area contributed by atoms with Crippen molar-refractivity contribution in [1.29, 1.82) is 0 Å². The highest BCUT2D eigenvalue weighted by molar-refractivity contribution is 5.95. The molecule has 1 fully saturated rings. The second-order valence-corrected chi connectivity index (χ2v) is 18.8. The van der Waals surface area contributed by atoms with Crippen molar-refractivity contribution in [2.75, 3.05) is 87.7 Å². The lowest BCUT2D eigenvalue weighted by atomic mass is 10.0. The van der Waals surface area contributed by atoms with Gasteiger partial charge in [0.25, 0.3) is 17.7 Å². The Labute approximate surface area is 404 Å². The summed E-state index contributed by atoms with van der Waals surface area (Å²) >= 11 is 0. The molecule has 0 aromatic heterocycles. The molecule has 0 radical (unpaired) electrons. The Morgan fingerprint density at radius 3 is 1.19 bits per heavy atom. The van der Waals surface area contributed by atoms with Gasteiger partial charge >= 0.3 is 5.97 Å². The van der Waals surface area contributed by atoms with E-state index in [9.17, 15) is 19.2 Å². The zero-order valence-corrected chi connectivity index (χ0v) is 43.2. The summed E-state index contributed by atoms with van der Waals surface area (Å²) in [4.78, 5) is 53.2. The van der Waals surface area contributed by atoms with Crippen molar-refractivity contribution in [1.82, 2.24) is 30.7 Å². The largest absolute Gasteiger partial charge is 0.462 e. The van der Waals surface area contributed by atoms with Gasteiger partial charge in [0.05, 0.1) is 12.2 Å². The molecule has 0 spiro atoms. The number of nitrogens with zero attached hydrogens (tertiary/aromatic N) is 3. The fraction of sp³-hybridized carbons (Fsp3) is 0.500. The Morgan fingerprint density at radius 1 is 0.507 bits per heavy atom. The van der Waals surface area contributed by atoms with E-state index in [0.717, 1.165) is 43.7 Å². The van der Waals surface area contributed by atoms with Gasteiger partial charge in [0.2, 0.25) is 0 Å². The maximum Gasteiger partial charge on any atom is 0.338 e. The van der Waals surface area contributed by atoms with Crippen LogP contribution in [0.4, 0.5) is 0 Å². The SMILES string of the molecule is CC(C)c1ccc(C(=O)NCCN(C)C)cc1.CC(C)c1ccc(C(=O)NCCN2CCCC2)cc1.CC(C)c1ccc(C(=O)OCCCN(C)C)cc1.CNC(=O)c1ccc(C(C)C)cc1. The summed E-state index contributed by atoms with van der Waals surface area (Å²) in [5, 5.41) is 8.48. The first-order chi connectivity index (χ1) is 31.8. The predicted octanol–water partition coefficient (Wildman–Crippen LogP) is 9.83. The van der Waals surface area contributed by atoms with Crippen LogP contribution in [0.25, 0.3) is 0 Å². The number of benzene rings is 4. The zero-order chi connectivity index (χ0) is 49.9. The first-order valence-corrected chi connectivity index (χ1v) is 24.2. The number of nitrogens with one attached hydrogen (secondary N) is 3. The van der Waals surface area contributed by atoms with Gasteiger partial charge in [-0.15, -0.1) is 0 Å². The highest BCUT2D eigenvalue weighted by atomic mass is 16.5. The molecule has 0 atom stereocenters. The van der Waals surface area contributed by atoms with Crippen LogP contribution in [0.3, 0.4) is 0 Å². The third kappa shape index (κ3) is 23.3. The van der Waals surface area contributed by atoms with Crippen molar-refractivity contribution in [3.8, 4) is 0 Å². The number of hydrogen-bond acceptors (Lipinski definition) is 8. The molecule has 4 aromatic carbocycles. The molecule has 1 aliphatic rings. The number of esters is 1. The standard InChI is InChI=1S/C16H24N2O.C15H23NO2.C14H22N2O.C11H15NO/c1-13(2)14-5-7-15(8-6-14)16(19)17-9-12-18-10-3-4-11-18;1-12(2)13-6-8-14(9-7-13)15(17)18-11-5-10-16(3)4;1-11(2)12-5-7-13(8-6-12)14(17)15-9-10-16(3)4;1-8(2)9-4-6-10(7-5-9)11(13)12-3/h5-8,13H,3-4,9-12H2,1-2H3,(H,17,19);6-9,12H,5,10-11H2,1-4H3;5-8,11H,9-10H2,1-4H3,(H,15,17);4-8H,1-3H3,(H,12,13). The molecule has 11 nitrogen and oxygen atoms in total. The molecule has 0 unspecified atom stereocenters. The Bertz CT molecular complexity index is 2000. The molecule has 5 rings (SSSR count). The smallest absolute Gasteiger partial charge is 0.338 e. The molecule has 1 heterocycles. The molecule has 4 aromatic rings. The molecule has 0 bridgehead atoms. The summed E-state index contributed by atoms with van der Waals surface area (Å²) in [5.41, 5.74) is 7.85. The van der Waals surface area contributed by atoms with Gasteiger partial charge < -0.3 is 35.4 Å². The maximum atomic E-state index is 12.0. The van der Waals surface area contributed by atoms with Gasteiger partial charge in [-0.3, -0.25) is 14.4 Å². The predicted molar refractivity (Wildman–Crippen MR) is 278 cm³/mol. The van der Waals surface area contributed by atoms with E-state index in [4.69, 9.17) is 4.74 Å². The van der Waals surface area contributed by atoms with Gasteiger partial charge in [-0.1, -0.05) is 104 Å². The fourth-order valence-corrected chi connectivity index (χ4v) is 6.77. The van der Waals surface area contributed by atoms with Crippen LogP contribution in [0.2, 0.25) is 0 Å². The highest BCUT2D eigenvalue weighted by Gasteiger charge is 2.13. The number of likely N-dealkylation sites (N-methyl/N-ethyl adjacent to an activating group) is 1. The molecule has 3 N–H and O–H groups in total. The van der Waals surface area contributed by atoms with Crippen LogP contribution in [0.5, 0.6) is 0 Å². The Balaban J connectivity index is 0.000000309. The first-order valence-electron chi connectivity index (χ1n) is 24.2. The van der Waals surface area contributed by atoms with E-state index in [1.165, 1.54) is 48.2 Å². The Hall–Kier alpha value is -5.36. The summed E-state index contributed by atoms with van der Waals surface area (Å²) in [5.74, 6) is 1.78. The van der Waals surface area contributed by atoms with Gasteiger partial charge in [-0.25, -0.2) is 4.79 Å². The van der Waals surface area contributed by atoms with Gasteiger partial charge in [-0.05, 0) is 155 Å². The molecule has 1 aliphatic heterocycles. The van der Waals surface area contributed by atoms with E-state index in [2.05, 4.69) is 81.1 Å². The first kappa shape index (κ1) is 57.8. The minimum atomic E-state index is -0.232. The van der Waals surface area contributed by atoms with E-state index >= 15 is 0 Å². The Kier molecular flexibility index (Phi) is 27.2. The van der Waals surface area contributed by atoms with Crippen LogP contribution in [0.15, 0.2) is 97.1 Å². The lowest BCUT2D eigenvalue weighted by Gasteiger charge is -2.14. The minimum absolute atomic E-state index is 0.00200. The van der Waals surface area contributed by atoms with E-state index in [1.54, 1.807) is 7.05 Å². The van der Waals surface area contributed by atoms with Gasteiger partial charge in [0, 0.05) is 56.5 Å². The van der Waals surface area contributed by atoms with Crippen molar-refractivity contribution in [2.24, 2.45) is 0 Å². The average molecular weight is 921 g/mol. The summed E-state index contributed by atoms with van der Waals surface area (Å²) in [7, 11) is 9.63. The monoisotopic (exact) mass is 921 g/mol. The zero-order valence-electron chi connectivity index (χ0n) is 43.2. The summed E-state index contributed by atoms with van der Waals surface area (Å²) in [6, 6.07) is 31.1. The van der Waals surface area contributed by atoms with Crippen LogP contribution in [-0.4, -0.2) is 126 Å². The third-order valence-corrected chi connectivity index (χ3v) is 11.3. The lowest BCUT2D eigenvalue weighted by molar-refractivity contribution is 0.0492. The quantitative estimate of drug-likeness (QED) is 0.0667. The minimum Gasteiger partial charge on any atom is -0.462 e. The molecule has 67 heavy (non-hydrogen) atoms. The molecular formula is C56H84N6O5. The molecule has 0 aliphatic carbocycles. The maximum absolute atomic E-state index is 12.0. The van der Waals surface area contributed by atoms with E-state index < -0.39 is 0 Å². The van der Waals surface area contributed by atoms with Crippen LogP contribution in [-0.2, 0) is 4.74 Å². The van der Waals surface area contributed by atoms with Crippen LogP contribution in [0, 0.1) is 0 Å². The van der Waals surface area contributed by atoms with Crippen molar-refractivity contribution in [3.63, 3.8) is 0 Å². The average Bonchev–Trinajstić information content (AvgIpc) is 3.84. The number of carbonyl (C=O) groups excluding carboxylic acids is 4. The second-order valence-electron chi connectivity index (χ2n) is 18.8. The fourth-order valence-electron chi connectivity index (χ4n) is 6.77. The summed E-state index contributed by atoms with van der Waals surface area (Å²) in [6.45, 7) is 24.1. The Morgan fingerprint density at radius 2 is 0.851 bits per heavy atom. The van der Waals surface area contributed by atoms with E-state index in [1.807, 2.05) is 130 Å². The molecule has 368 valence electrons. The van der Waals surface area contributed by atoms with Gasteiger partial charge in [0.15, 0.2) is 0 Å². The van der Waals surface area contributed by atoms with Crippen molar-refractivity contribution in [3.05, 3.63) is 142 Å². The number of amides is 3. The molecule has 3 amide bonds. The number of rotatable bonds is 18. The molecule has 1 saturated heterocycles. The van der Waals surface area contributed by atoms with Gasteiger partial charge in [0.1, 0.15) is 0 Å². The van der Waals surface area contributed by atoms with Crippen LogP contribution < -0.4 is 16.0 Å². The molecular weight excluding hydrogens is 837 g/mol. The highest BCUT2D eigenvalue weighted by Crippen LogP contribution is 2.18. The number of hydrogen-bond donors (Lipinski definition) is 3. The summed E-state index contributed by atoms with van der Waals surface area (Å²) < 4.78 is 5.21. The van der Waals surface area contributed by atoms with Crippen molar-refractivity contribution < 1.29 is 23.9 Å². The van der Waals surface area contributed by atoms with Crippen LogP contribution in [0.1, 0.15) is 162 Å². The third-order valence-electron chi connectivity index (χ3n) is 11.3. The molecule has 0 saturated carbocycles. The topological polar surface area (TPSA) is 123 Å². The van der Waals surface area contributed by atoms with Crippen molar-refractivity contribution in [2.45, 2.75) is 98.3 Å². The second kappa shape index (κ2) is 31.6. The van der Waals surface area contributed by atoms with Crippen LogP contribution >= 0.6 is 0 Å². The van der Waals surface area contributed by atoms with E-state index in [-0.39, 0.29) is 23.7 Å². The van der Waals surface area contributed by atoms with Crippen molar-refractivity contribution >= 4 is 23.7 Å². The normalized spacial score (nSPS) is 12.2. The molecule has 11 heteroatoms. The summed E-state index contributed by atoms with van der Waals surface area (Å²) in [6.07, 6.45) is 3.46. The number of likely N-dealkylation sites (tertiary alicyclic amines) is 1. The lowest BCUT2D eigenvalue weighted by Crippen LogP contribution is -2.33.